The number of aromatic nitrogens is 1. The molecule has 18 heavy (non-hydrogen) atoms. The molecule has 1 aromatic heterocycles. The molecule has 2 aromatic rings. The maximum absolute atomic E-state index is 6.06. The van der Waals surface area contributed by atoms with Crippen LogP contribution in [0.2, 0.25) is 10.0 Å². The van der Waals surface area contributed by atoms with Crippen molar-refractivity contribution in [1.29, 1.82) is 0 Å². The third kappa shape index (κ3) is 2.93. The average molecular weight is 283 g/mol. The lowest BCUT2D eigenvalue weighted by molar-refractivity contribution is 0.475. The van der Waals surface area contributed by atoms with Gasteiger partial charge in [0.1, 0.15) is 11.5 Å². The Kier molecular flexibility index (Phi) is 4.07. The fraction of sp³-hybridized carbons (Fsp3) is 0.154. The van der Waals surface area contributed by atoms with Gasteiger partial charge in [0.25, 0.3) is 0 Å². The van der Waals surface area contributed by atoms with Gasteiger partial charge in [0, 0.05) is 35.1 Å². The van der Waals surface area contributed by atoms with E-state index >= 15 is 0 Å². The molecule has 0 bridgehead atoms. The largest absolute Gasteiger partial charge is 0.455 e. The van der Waals surface area contributed by atoms with E-state index in [2.05, 4.69) is 4.98 Å². The van der Waals surface area contributed by atoms with Gasteiger partial charge in [-0.25, -0.2) is 0 Å². The molecule has 0 aliphatic carbocycles. The molecule has 1 aromatic carbocycles. The molecular formula is C13H12Cl2N2O. The molecule has 0 saturated heterocycles. The van der Waals surface area contributed by atoms with Gasteiger partial charge in [0.05, 0.1) is 5.02 Å². The lowest BCUT2D eigenvalue weighted by atomic mass is 10.2. The highest BCUT2D eigenvalue weighted by Crippen LogP contribution is 2.33. The first-order chi connectivity index (χ1) is 8.60. The molecule has 94 valence electrons. The van der Waals surface area contributed by atoms with Crippen LogP contribution in [0.15, 0.2) is 30.5 Å². The number of ether oxygens (including phenoxy) is 1. The second-order valence-corrected chi connectivity index (χ2v) is 4.66. The molecule has 0 atom stereocenters. The Balaban J connectivity index is 2.36. The summed E-state index contributed by atoms with van der Waals surface area (Å²) in [5, 5.41) is 1.03. The van der Waals surface area contributed by atoms with Gasteiger partial charge in [-0.2, -0.15) is 0 Å². The molecule has 0 aliphatic rings. The Morgan fingerprint density at radius 2 is 2.00 bits per heavy atom. The first-order valence-corrected chi connectivity index (χ1v) is 6.14. The van der Waals surface area contributed by atoms with Crippen molar-refractivity contribution < 1.29 is 4.74 Å². The van der Waals surface area contributed by atoms with Gasteiger partial charge < -0.3 is 10.5 Å². The summed E-state index contributed by atoms with van der Waals surface area (Å²) in [4.78, 5) is 4.17. The molecule has 5 heteroatoms. The summed E-state index contributed by atoms with van der Waals surface area (Å²) in [6.45, 7) is 2.24. The van der Waals surface area contributed by atoms with Gasteiger partial charge in [0.2, 0.25) is 0 Å². The molecule has 2 rings (SSSR count). The van der Waals surface area contributed by atoms with Crippen molar-refractivity contribution in [2.75, 3.05) is 0 Å². The Bertz CT molecular complexity index is 573. The van der Waals surface area contributed by atoms with Crippen molar-refractivity contribution in [3.05, 3.63) is 51.8 Å². The molecule has 0 fully saturated rings. The Hall–Kier alpha value is -1.29. The van der Waals surface area contributed by atoms with Crippen LogP contribution in [0.4, 0.5) is 0 Å². The number of rotatable bonds is 3. The highest BCUT2D eigenvalue weighted by Gasteiger charge is 2.08. The quantitative estimate of drug-likeness (QED) is 0.927. The Morgan fingerprint density at radius 1 is 1.22 bits per heavy atom. The Labute approximate surface area is 115 Å². The summed E-state index contributed by atoms with van der Waals surface area (Å²) < 4.78 is 5.76. The van der Waals surface area contributed by atoms with Crippen molar-refractivity contribution in [3.8, 4) is 11.5 Å². The lowest BCUT2D eigenvalue weighted by Gasteiger charge is -2.11. The zero-order chi connectivity index (χ0) is 13.1. The monoisotopic (exact) mass is 282 g/mol. The molecule has 0 amide bonds. The number of benzene rings is 1. The van der Waals surface area contributed by atoms with Crippen LogP contribution in [0.5, 0.6) is 11.5 Å². The van der Waals surface area contributed by atoms with E-state index in [0.717, 1.165) is 11.3 Å². The molecule has 0 spiro atoms. The normalized spacial score (nSPS) is 10.4. The van der Waals surface area contributed by atoms with Gasteiger partial charge >= 0.3 is 0 Å². The number of halogens is 2. The van der Waals surface area contributed by atoms with Gasteiger partial charge in [-0.1, -0.05) is 23.2 Å². The standard InChI is InChI=1S/C13H12Cl2N2O/c1-8-4-13(9(6-16)7-17-8)18-12-3-2-10(14)5-11(12)15/h2-5,7H,6,16H2,1H3. The summed E-state index contributed by atoms with van der Waals surface area (Å²) in [6, 6.07) is 6.90. The molecular weight excluding hydrogens is 271 g/mol. The van der Waals surface area contributed by atoms with Crippen LogP contribution >= 0.6 is 23.2 Å². The van der Waals surface area contributed by atoms with Gasteiger partial charge in [-0.3, -0.25) is 4.98 Å². The van der Waals surface area contributed by atoms with E-state index in [0.29, 0.717) is 28.1 Å². The van der Waals surface area contributed by atoms with Gasteiger partial charge in [-0.15, -0.1) is 0 Å². The number of hydrogen-bond donors (Lipinski definition) is 1. The average Bonchev–Trinajstić information content (AvgIpc) is 2.33. The van der Waals surface area contributed by atoms with Crippen LogP contribution in [0.25, 0.3) is 0 Å². The predicted molar refractivity (Wildman–Crippen MR) is 73.4 cm³/mol. The van der Waals surface area contributed by atoms with Crippen LogP contribution in [-0.4, -0.2) is 4.98 Å². The lowest BCUT2D eigenvalue weighted by Crippen LogP contribution is -2.01. The van der Waals surface area contributed by atoms with Crippen LogP contribution < -0.4 is 10.5 Å². The molecule has 3 nitrogen and oxygen atoms in total. The molecule has 0 saturated carbocycles. The number of pyridine rings is 1. The summed E-state index contributed by atoms with van der Waals surface area (Å²) in [7, 11) is 0. The minimum absolute atomic E-state index is 0.355. The summed E-state index contributed by atoms with van der Waals surface area (Å²) >= 11 is 11.9. The fourth-order valence-electron chi connectivity index (χ4n) is 1.49. The van der Waals surface area contributed by atoms with E-state index in [1.54, 1.807) is 24.4 Å². The number of nitrogens with two attached hydrogens (primary N) is 1. The third-order valence-corrected chi connectivity index (χ3v) is 2.94. The number of aryl methyl sites for hydroxylation is 1. The predicted octanol–water partition coefficient (Wildman–Crippen LogP) is 3.95. The van der Waals surface area contributed by atoms with Crippen LogP contribution in [0.1, 0.15) is 11.3 Å². The Morgan fingerprint density at radius 3 is 2.67 bits per heavy atom. The molecule has 0 unspecified atom stereocenters. The van der Waals surface area contributed by atoms with Crippen molar-refractivity contribution in [2.45, 2.75) is 13.5 Å². The maximum atomic E-state index is 6.06. The summed E-state index contributed by atoms with van der Waals surface area (Å²) in [5.41, 5.74) is 7.32. The van der Waals surface area contributed by atoms with Crippen molar-refractivity contribution in [3.63, 3.8) is 0 Å². The van der Waals surface area contributed by atoms with E-state index in [1.165, 1.54) is 0 Å². The maximum Gasteiger partial charge on any atom is 0.146 e. The van der Waals surface area contributed by atoms with E-state index in [4.69, 9.17) is 33.7 Å². The number of nitrogens with zero attached hydrogens (tertiary/aromatic N) is 1. The van der Waals surface area contributed by atoms with Gasteiger partial charge in [-0.05, 0) is 25.1 Å². The van der Waals surface area contributed by atoms with E-state index in [9.17, 15) is 0 Å². The molecule has 2 N–H and O–H groups in total. The van der Waals surface area contributed by atoms with Crippen molar-refractivity contribution in [2.24, 2.45) is 5.73 Å². The second-order valence-electron chi connectivity index (χ2n) is 3.81. The van der Waals surface area contributed by atoms with Crippen LogP contribution in [-0.2, 0) is 6.54 Å². The van der Waals surface area contributed by atoms with Crippen molar-refractivity contribution >= 4 is 23.2 Å². The zero-order valence-corrected chi connectivity index (χ0v) is 11.3. The highest BCUT2D eigenvalue weighted by atomic mass is 35.5. The molecule has 0 radical (unpaired) electrons. The first-order valence-electron chi connectivity index (χ1n) is 5.38. The minimum atomic E-state index is 0.355. The summed E-state index contributed by atoms with van der Waals surface area (Å²) in [5.74, 6) is 1.20. The zero-order valence-electron chi connectivity index (χ0n) is 9.78. The molecule has 0 aliphatic heterocycles. The van der Waals surface area contributed by atoms with E-state index in [1.807, 2.05) is 13.0 Å². The van der Waals surface area contributed by atoms with Crippen LogP contribution in [0, 0.1) is 6.92 Å². The van der Waals surface area contributed by atoms with E-state index < -0.39 is 0 Å². The van der Waals surface area contributed by atoms with Crippen molar-refractivity contribution in [1.82, 2.24) is 4.98 Å². The first kappa shape index (κ1) is 13.1. The van der Waals surface area contributed by atoms with Crippen LogP contribution in [0.3, 0.4) is 0 Å². The number of hydrogen-bond acceptors (Lipinski definition) is 3. The SMILES string of the molecule is Cc1cc(Oc2ccc(Cl)cc2Cl)c(CN)cn1. The third-order valence-electron chi connectivity index (χ3n) is 2.41. The smallest absolute Gasteiger partial charge is 0.146 e. The topological polar surface area (TPSA) is 48.1 Å². The fourth-order valence-corrected chi connectivity index (χ4v) is 1.93. The summed E-state index contributed by atoms with van der Waals surface area (Å²) in [6.07, 6.45) is 1.70. The van der Waals surface area contributed by atoms with E-state index in [-0.39, 0.29) is 0 Å². The van der Waals surface area contributed by atoms with Gasteiger partial charge in [0.15, 0.2) is 0 Å². The minimum Gasteiger partial charge on any atom is -0.455 e. The molecule has 1 heterocycles. The highest BCUT2D eigenvalue weighted by molar-refractivity contribution is 6.35. The second kappa shape index (κ2) is 5.57.